The molecule has 0 spiro atoms. The second kappa shape index (κ2) is 5.28. The van der Waals surface area contributed by atoms with E-state index in [0.717, 1.165) is 10.9 Å². The fourth-order valence-corrected chi connectivity index (χ4v) is 3.18. The van der Waals surface area contributed by atoms with Gasteiger partial charge >= 0.3 is 6.00 Å². The Balaban J connectivity index is 3.06. The maximum Gasteiger partial charge on any atom is 0.361 e. The van der Waals surface area contributed by atoms with Crippen molar-refractivity contribution in [3.8, 4) is 0 Å². The van der Waals surface area contributed by atoms with Gasteiger partial charge in [-0.15, -0.1) is 33.2 Å². The van der Waals surface area contributed by atoms with Gasteiger partial charge < -0.3 is 0 Å². The van der Waals surface area contributed by atoms with Crippen LogP contribution in [0.4, 0.5) is 0 Å². The van der Waals surface area contributed by atoms with E-state index in [9.17, 15) is 0 Å². The summed E-state index contributed by atoms with van der Waals surface area (Å²) in [5, 5.41) is 0.831. The summed E-state index contributed by atoms with van der Waals surface area (Å²) in [6.07, 6.45) is 0. The molecule has 0 fully saturated rings. The zero-order valence-electron chi connectivity index (χ0n) is 7.91. The van der Waals surface area contributed by atoms with Crippen molar-refractivity contribution >= 4 is 71.1 Å². The molecule has 0 aliphatic rings. The molecule has 0 heterocycles. The molecule has 0 saturated carbocycles. The highest BCUT2D eigenvalue weighted by Gasteiger charge is 2.47. The summed E-state index contributed by atoms with van der Waals surface area (Å²) in [7, 11) is 0. The highest BCUT2D eigenvalue weighted by atomic mass is 79.9. The Bertz CT molecular complexity index is 332. The molecule has 0 nitrogen and oxygen atoms in total. The lowest BCUT2D eigenvalue weighted by molar-refractivity contribution is 0.997. The van der Waals surface area contributed by atoms with Crippen LogP contribution >= 0.6 is 65.1 Å². The van der Waals surface area contributed by atoms with Crippen LogP contribution < -0.4 is 0 Å². The van der Waals surface area contributed by atoms with Gasteiger partial charge in [0.05, 0.1) is 3.95 Å². The van der Waals surface area contributed by atoms with Crippen LogP contribution in [0.3, 0.4) is 0 Å². The van der Waals surface area contributed by atoms with Gasteiger partial charge in [0.25, 0.3) is 0 Å². The van der Waals surface area contributed by atoms with Crippen LogP contribution in [0, 0.1) is 0 Å². The first-order valence-corrected chi connectivity index (χ1v) is 11.1. The second-order valence-electron chi connectivity index (χ2n) is 3.33. The lowest BCUT2D eigenvalue weighted by atomic mass is 10.1. The molecule has 1 rings (SSSR count). The molecule has 0 bridgehead atoms. The van der Waals surface area contributed by atoms with Crippen molar-refractivity contribution in [3.05, 3.63) is 35.4 Å². The lowest BCUT2D eigenvalue weighted by Crippen LogP contribution is -2.35. The molecular weight excluding hydrogens is 402 g/mol. The molecule has 1 unspecified atom stereocenters. The van der Waals surface area contributed by atoms with Crippen LogP contribution in [0.1, 0.15) is 18.1 Å². The van der Waals surface area contributed by atoms with Crippen LogP contribution in [-0.4, -0.2) is 6.00 Å². The van der Waals surface area contributed by atoms with E-state index >= 15 is 0 Å². The Labute approximate surface area is 122 Å². The van der Waals surface area contributed by atoms with Crippen molar-refractivity contribution in [3.63, 3.8) is 0 Å². The zero-order chi connectivity index (χ0) is 11.7. The molecule has 1 atom stereocenters. The first-order valence-electron chi connectivity index (χ1n) is 4.20. The Morgan fingerprint density at radius 3 is 2.00 bits per heavy atom. The fourth-order valence-electron chi connectivity index (χ4n) is 1.07. The van der Waals surface area contributed by atoms with Crippen molar-refractivity contribution in [2.75, 3.05) is 0 Å². The Morgan fingerprint density at radius 1 is 1.20 bits per heavy atom. The van der Waals surface area contributed by atoms with E-state index in [4.69, 9.17) is 33.2 Å². The molecule has 1 aromatic carbocycles. The molecule has 0 aromatic heterocycles. The Morgan fingerprint density at radius 2 is 1.67 bits per heavy atom. The van der Waals surface area contributed by atoms with Crippen LogP contribution in [0.25, 0.3) is 0 Å². The zero-order valence-corrected chi connectivity index (χ0v) is 14.3. The lowest BCUT2D eigenvalue weighted by Gasteiger charge is -2.28. The number of alkyl halides is 2. The van der Waals surface area contributed by atoms with Gasteiger partial charge in [-0.3, -0.25) is 0 Å². The summed E-state index contributed by atoms with van der Waals surface area (Å²) >= 11 is 25.0. The minimum Gasteiger partial charge on any atom is -0.124 e. The Kier molecular flexibility index (Phi) is 5.04. The first kappa shape index (κ1) is 14.3. The van der Waals surface area contributed by atoms with Crippen molar-refractivity contribution in [1.82, 2.24) is 0 Å². The second-order valence-corrected chi connectivity index (χ2v) is 15.0. The predicted octanol–water partition coefficient (Wildman–Crippen LogP) is 5.39. The van der Waals surface area contributed by atoms with Gasteiger partial charge in [0.15, 0.2) is 0 Å². The molecule has 0 saturated heterocycles. The topological polar surface area (TPSA) is 0 Å². The van der Waals surface area contributed by atoms with Gasteiger partial charge in [0, 0.05) is 5.33 Å². The van der Waals surface area contributed by atoms with Gasteiger partial charge in [-0.25, -0.2) is 0 Å². The number of benzene rings is 1. The van der Waals surface area contributed by atoms with Gasteiger partial charge in [-0.1, -0.05) is 56.1 Å². The third-order valence-corrected chi connectivity index (χ3v) is 11.9. The standard InChI is InChI=1S/C9H9Br2Cl3Si/c1-9(11,15(12,13)14)8-4-2-7(6-10)3-5-8/h2-5H,6H2,1H3. The van der Waals surface area contributed by atoms with E-state index in [0.29, 0.717) is 0 Å². The smallest absolute Gasteiger partial charge is 0.124 e. The largest absolute Gasteiger partial charge is 0.361 e. The van der Waals surface area contributed by atoms with Crippen molar-refractivity contribution in [1.29, 1.82) is 0 Å². The van der Waals surface area contributed by atoms with E-state index in [1.54, 1.807) is 0 Å². The van der Waals surface area contributed by atoms with Gasteiger partial charge in [0.1, 0.15) is 0 Å². The summed E-state index contributed by atoms with van der Waals surface area (Å²) in [6, 6.07) is 5.19. The third-order valence-electron chi connectivity index (χ3n) is 2.18. The van der Waals surface area contributed by atoms with Crippen LogP contribution in [0.2, 0.25) is 0 Å². The molecule has 84 valence electrons. The van der Waals surface area contributed by atoms with Crippen molar-refractivity contribution < 1.29 is 0 Å². The average Bonchev–Trinajstić information content (AvgIpc) is 2.16. The number of hydrogen-bond acceptors (Lipinski definition) is 0. The molecule has 1 aromatic rings. The molecule has 15 heavy (non-hydrogen) atoms. The summed E-state index contributed by atoms with van der Waals surface area (Å²) in [6.45, 7) is 1.90. The van der Waals surface area contributed by atoms with E-state index in [1.807, 2.05) is 31.2 Å². The van der Waals surface area contributed by atoms with Crippen molar-refractivity contribution in [2.45, 2.75) is 16.2 Å². The normalized spacial score (nSPS) is 16.1. The minimum absolute atomic E-state index is 0.546. The van der Waals surface area contributed by atoms with Gasteiger partial charge in [-0.05, 0) is 18.1 Å². The average molecular weight is 411 g/mol. The highest BCUT2D eigenvalue weighted by molar-refractivity contribution is 9.10. The van der Waals surface area contributed by atoms with E-state index < -0.39 is 9.95 Å². The van der Waals surface area contributed by atoms with Gasteiger partial charge in [0.2, 0.25) is 0 Å². The molecule has 0 amide bonds. The Hall–Kier alpha value is 1.27. The molecule has 0 aliphatic heterocycles. The molecule has 0 aliphatic carbocycles. The summed E-state index contributed by atoms with van der Waals surface area (Å²) in [5.41, 5.74) is 2.20. The van der Waals surface area contributed by atoms with Crippen LogP contribution in [0.5, 0.6) is 0 Å². The predicted molar refractivity (Wildman–Crippen MR) is 78.7 cm³/mol. The fraction of sp³-hybridized carbons (Fsp3) is 0.333. The summed E-state index contributed by atoms with van der Waals surface area (Å²) < 4.78 is -0.546. The van der Waals surface area contributed by atoms with Gasteiger partial charge in [-0.2, -0.15) is 0 Å². The van der Waals surface area contributed by atoms with Crippen LogP contribution in [0.15, 0.2) is 24.3 Å². The minimum atomic E-state index is -2.83. The SMILES string of the molecule is CC(Br)(c1ccc(CBr)cc1)[Si](Cl)(Cl)Cl. The monoisotopic (exact) mass is 408 g/mol. The maximum absolute atomic E-state index is 6.05. The molecule has 0 radical (unpaired) electrons. The number of halogens is 5. The maximum atomic E-state index is 6.05. The molecular formula is C9H9Br2Cl3Si. The molecule has 0 N–H and O–H groups in total. The van der Waals surface area contributed by atoms with Crippen molar-refractivity contribution in [2.24, 2.45) is 0 Å². The number of rotatable bonds is 3. The van der Waals surface area contributed by atoms with Crippen LogP contribution in [-0.2, 0) is 9.28 Å². The summed E-state index contributed by atoms with van der Waals surface area (Å²) in [5.74, 6) is 0. The van der Waals surface area contributed by atoms with E-state index in [1.165, 1.54) is 5.56 Å². The van der Waals surface area contributed by atoms with E-state index in [-0.39, 0.29) is 0 Å². The highest BCUT2D eigenvalue weighted by Crippen LogP contribution is 2.46. The van der Waals surface area contributed by atoms with E-state index in [2.05, 4.69) is 31.9 Å². The quantitative estimate of drug-likeness (QED) is 0.356. The number of hydrogen-bond donors (Lipinski definition) is 0. The first-order chi connectivity index (χ1) is 6.79. The molecule has 6 heteroatoms. The summed E-state index contributed by atoms with van der Waals surface area (Å²) in [4.78, 5) is 0. The third kappa shape index (κ3) is 3.36.